The van der Waals surface area contributed by atoms with Gasteiger partial charge in [0.25, 0.3) is 11.1 Å². The van der Waals surface area contributed by atoms with Crippen LogP contribution < -0.4 is 21.8 Å². The number of anilines is 2. The van der Waals surface area contributed by atoms with Gasteiger partial charge in [0.15, 0.2) is 0 Å². The summed E-state index contributed by atoms with van der Waals surface area (Å²) >= 11 is 0. The van der Waals surface area contributed by atoms with Crippen molar-refractivity contribution in [3.8, 4) is 16.9 Å². The second-order valence-corrected chi connectivity index (χ2v) is 12.5. The van der Waals surface area contributed by atoms with Crippen LogP contribution in [0.3, 0.4) is 0 Å². The summed E-state index contributed by atoms with van der Waals surface area (Å²) in [6.07, 6.45) is 5.42. The van der Waals surface area contributed by atoms with Crippen molar-refractivity contribution in [2.75, 3.05) is 18.4 Å². The number of aromatic nitrogens is 5. The van der Waals surface area contributed by atoms with Crippen molar-refractivity contribution in [3.63, 3.8) is 0 Å². The van der Waals surface area contributed by atoms with E-state index >= 15 is 4.39 Å². The molecular weight excluding hydrogens is 573 g/mol. The third-order valence-corrected chi connectivity index (χ3v) is 8.44. The lowest BCUT2D eigenvalue weighted by Crippen LogP contribution is -2.26. The van der Waals surface area contributed by atoms with Gasteiger partial charge in [-0.05, 0) is 78.7 Å². The Balaban J connectivity index is 1.38. The molecule has 1 fully saturated rings. The molecule has 0 bridgehead atoms. The molecule has 45 heavy (non-hydrogen) atoms. The number of pyridine rings is 1. The maximum absolute atomic E-state index is 15.3. The molecule has 0 radical (unpaired) electrons. The number of rotatable bonds is 6. The molecule has 3 N–H and O–H groups in total. The average molecular weight is 610 g/mol. The Bertz CT molecular complexity index is 2010. The molecule has 3 aromatic heterocycles. The van der Waals surface area contributed by atoms with Crippen LogP contribution in [0.5, 0.6) is 0 Å². The quantitative estimate of drug-likeness (QED) is 0.253. The number of piperidine rings is 1. The summed E-state index contributed by atoms with van der Waals surface area (Å²) in [5.41, 5.74) is 2.34. The Morgan fingerprint density at radius 1 is 1.04 bits per heavy atom. The SMILES string of the molecule is Cn1nc(-c2cccc(-n3ncc4cc(C(C)(C)C)cc(F)c4c3=O)c2CO)cc(Nc2ccc(C3CCNCC3)cn2)c1=O. The average Bonchev–Trinajstić information content (AvgIpc) is 3.03. The second kappa shape index (κ2) is 12.0. The molecular formula is C34H36FN7O3. The van der Waals surface area contributed by atoms with Gasteiger partial charge in [0.05, 0.1) is 29.6 Å². The molecule has 0 spiro atoms. The van der Waals surface area contributed by atoms with Crippen molar-refractivity contribution in [3.05, 3.63) is 104 Å². The fourth-order valence-corrected chi connectivity index (χ4v) is 5.86. The zero-order chi connectivity index (χ0) is 31.9. The molecule has 0 atom stereocenters. The fourth-order valence-electron chi connectivity index (χ4n) is 5.86. The molecule has 0 unspecified atom stereocenters. The maximum atomic E-state index is 15.3. The molecule has 5 aromatic rings. The number of halogens is 1. The fraction of sp³-hybridized carbons (Fsp3) is 0.324. The summed E-state index contributed by atoms with van der Waals surface area (Å²) in [4.78, 5) is 31.2. The lowest BCUT2D eigenvalue weighted by Gasteiger charge is -2.22. The van der Waals surface area contributed by atoms with E-state index in [9.17, 15) is 14.7 Å². The number of fused-ring (bicyclic) bond motifs is 1. The normalized spacial score (nSPS) is 14.2. The van der Waals surface area contributed by atoms with Gasteiger partial charge in [-0.25, -0.2) is 14.1 Å². The monoisotopic (exact) mass is 609 g/mol. The van der Waals surface area contributed by atoms with Gasteiger partial charge in [0.2, 0.25) is 0 Å². The summed E-state index contributed by atoms with van der Waals surface area (Å²) in [6.45, 7) is 7.42. The third-order valence-electron chi connectivity index (χ3n) is 8.44. The van der Waals surface area contributed by atoms with Gasteiger partial charge in [-0.2, -0.15) is 14.9 Å². The minimum atomic E-state index is -0.646. The first kappa shape index (κ1) is 30.3. The number of aliphatic hydroxyl groups excluding tert-OH is 1. The van der Waals surface area contributed by atoms with E-state index in [2.05, 4.69) is 25.8 Å². The zero-order valence-electron chi connectivity index (χ0n) is 25.8. The lowest BCUT2D eigenvalue weighted by molar-refractivity contribution is 0.281. The summed E-state index contributed by atoms with van der Waals surface area (Å²) in [7, 11) is 1.54. The highest BCUT2D eigenvalue weighted by Crippen LogP contribution is 2.30. The molecule has 1 aliphatic rings. The van der Waals surface area contributed by atoms with Crippen molar-refractivity contribution in [2.24, 2.45) is 7.05 Å². The summed E-state index contributed by atoms with van der Waals surface area (Å²) in [6, 6.07) is 13.7. The van der Waals surface area contributed by atoms with Crippen LogP contribution in [0.15, 0.2) is 70.5 Å². The Kier molecular flexibility index (Phi) is 8.07. The van der Waals surface area contributed by atoms with Crippen molar-refractivity contribution in [1.29, 1.82) is 0 Å². The summed E-state index contributed by atoms with van der Waals surface area (Å²) in [5.74, 6) is 0.342. The van der Waals surface area contributed by atoms with Crippen molar-refractivity contribution in [2.45, 2.75) is 51.6 Å². The molecule has 11 heteroatoms. The predicted octanol–water partition coefficient (Wildman–Crippen LogP) is 4.68. The number of hydrogen-bond acceptors (Lipinski definition) is 8. The van der Waals surface area contributed by atoms with Gasteiger partial charge < -0.3 is 15.7 Å². The lowest BCUT2D eigenvalue weighted by atomic mass is 9.86. The van der Waals surface area contributed by atoms with Gasteiger partial charge in [-0.15, -0.1) is 0 Å². The van der Waals surface area contributed by atoms with Crippen molar-refractivity contribution in [1.82, 2.24) is 29.9 Å². The van der Waals surface area contributed by atoms with Gasteiger partial charge >= 0.3 is 0 Å². The Hall–Kier alpha value is -4.74. The molecule has 1 aliphatic heterocycles. The van der Waals surface area contributed by atoms with Crippen LogP contribution in [0.25, 0.3) is 27.7 Å². The highest BCUT2D eigenvalue weighted by molar-refractivity contribution is 5.83. The zero-order valence-corrected chi connectivity index (χ0v) is 25.8. The number of aryl methyl sites for hydroxylation is 1. The van der Waals surface area contributed by atoms with Crippen LogP contribution >= 0.6 is 0 Å². The third kappa shape index (κ3) is 5.88. The van der Waals surface area contributed by atoms with E-state index in [4.69, 9.17) is 0 Å². The van der Waals surface area contributed by atoms with Crippen LogP contribution in [0.1, 0.15) is 56.2 Å². The Morgan fingerprint density at radius 3 is 2.51 bits per heavy atom. The highest BCUT2D eigenvalue weighted by atomic mass is 19.1. The molecule has 4 heterocycles. The minimum absolute atomic E-state index is 0.0855. The standard InChI is InChI=1S/C34H36FN7O3/c1-34(2,3)23-14-22-18-38-42(33(45)31(22)26(35)15-23)29-7-5-6-24(25(29)19-43)27-16-28(32(44)41(4)40-27)39-30-9-8-21(17-37-30)20-10-12-36-13-11-20/h5-9,14-18,20,36,43H,10-13,19H2,1-4H3,(H,37,39). The topological polar surface area (TPSA) is 127 Å². The van der Waals surface area contributed by atoms with Crippen LogP contribution in [-0.2, 0) is 19.1 Å². The minimum Gasteiger partial charge on any atom is -0.392 e. The van der Waals surface area contributed by atoms with E-state index in [1.54, 1.807) is 30.3 Å². The molecule has 10 nitrogen and oxygen atoms in total. The van der Waals surface area contributed by atoms with Gasteiger partial charge in [0, 0.05) is 29.8 Å². The predicted molar refractivity (Wildman–Crippen MR) is 173 cm³/mol. The second-order valence-electron chi connectivity index (χ2n) is 12.5. The first-order chi connectivity index (χ1) is 21.5. The van der Waals surface area contributed by atoms with Crippen LogP contribution in [0, 0.1) is 5.82 Å². The van der Waals surface area contributed by atoms with Gasteiger partial charge in [-0.3, -0.25) is 9.59 Å². The van der Waals surface area contributed by atoms with E-state index in [1.807, 2.05) is 39.1 Å². The number of benzene rings is 2. The van der Waals surface area contributed by atoms with E-state index in [-0.39, 0.29) is 27.7 Å². The highest BCUT2D eigenvalue weighted by Gasteiger charge is 2.21. The van der Waals surface area contributed by atoms with E-state index in [0.29, 0.717) is 33.9 Å². The first-order valence-electron chi connectivity index (χ1n) is 15.0. The van der Waals surface area contributed by atoms with Crippen LogP contribution in [0.4, 0.5) is 15.9 Å². The number of aliphatic hydroxyl groups is 1. The Morgan fingerprint density at radius 2 is 1.82 bits per heavy atom. The van der Waals surface area contributed by atoms with Crippen molar-refractivity contribution >= 4 is 22.3 Å². The smallest absolute Gasteiger partial charge is 0.290 e. The number of hydrogen-bond donors (Lipinski definition) is 3. The molecule has 1 saturated heterocycles. The molecule has 2 aromatic carbocycles. The molecule has 232 valence electrons. The van der Waals surface area contributed by atoms with E-state index in [0.717, 1.165) is 36.2 Å². The van der Waals surface area contributed by atoms with Crippen molar-refractivity contribution < 1.29 is 9.50 Å². The molecule has 6 rings (SSSR count). The molecule has 0 amide bonds. The van der Waals surface area contributed by atoms with Crippen LogP contribution in [0.2, 0.25) is 0 Å². The number of nitrogens with zero attached hydrogens (tertiary/aromatic N) is 5. The van der Waals surface area contributed by atoms with Gasteiger partial charge in [0.1, 0.15) is 17.3 Å². The Labute approximate surface area is 259 Å². The van der Waals surface area contributed by atoms with Crippen LogP contribution in [-0.4, -0.2) is 42.7 Å². The number of nitrogens with one attached hydrogen (secondary N) is 2. The first-order valence-corrected chi connectivity index (χ1v) is 15.0. The van der Waals surface area contributed by atoms with E-state index < -0.39 is 18.0 Å². The van der Waals surface area contributed by atoms with E-state index in [1.165, 1.54) is 29.6 Å². The van der Waals surface area contributed by atoms with Gasteiger partial charge in [-0.1, -0.05) is 39.0 Å². The molecule has 0 saturated carbocycles. The summed E-state index contributed by atoms with van der Waals surface area (Å²) in [5, 5.41) is 26.1. The molecule has 0 aliphatic carbocycles. The largest absolute Gasteiger partial charge is 0.392 e. The maximum Gasteiger partial charge on any atom is 0.290 e. The summed E-state index contributed by atoms with van der Waals surface area (Å²) < 4.78 is 17.6.